The molecule has 2 aromatic carbocycles. The Labute approximate surface area is 172 Å². The quantitative estimate of drug-likeness (QED) is 0.609. The van der Waals surface area contributed by atoms with Crippen molar-refractivity contribution >= 4 is 16.7 Å². The van der Waals surface area contributed by atoms with Crippen molar-refractivity contribution in [3.8, 4) is 16.9 Å². The highest BCUT2D eigenvalue weighted by molar-refractivity contribution is 5.92. The van der Waals surface area contributed by atoms with E-state index >= 15 is 0 Å². The highest BCUT2D eigenvalue weighted by atomic mass is 16.5. The predicted octanol–water partition coefficient (Wildman–Crippen LogP) is 5.30. The molecule has 1 aliphatic rings. The summed E-state index contributed by atoms with van der Waals surface area (Å²) in [5.41, 5.74) is 4.76. The number of pyridine rings is 1. The number of likely N-dealkylation sites (tertiary alicyclic amines) is 1. The minimum Gasteiger partial charge on any atom is -0.490 e. The van der Waals surface area contributed by atoms with E-state index in [0.29, 0.717) is 6.42 Å². The Morgan fingerprint density at radius 2 is 1.76 bits per heavy atom. The molecular formula is C25H28N2O2. The van der Waals surface area contributed by atoms with Gasteiger partial charge in [-0.2, -0.15) is 0 Å². The second kappa shape index (κ2) is 8.24. The first-order chi connectivity index (χ1) is 14.1. The maximum atomic E-state index is 11.8. The Hall–Kier alpha value is -2.88. The molecule has 1 aromatic heterocycles. The van der Waals surface area contributed by atoms with Crippen LogP contribution in [0.5, 0.6) is 5.75 Å². The standard InChI is InChI=1S/C25H28N2O2/c1-4-25(28)27-15-12-21(13-16-27)29-20-7-5-19(6-8-20)22-9-10-24-18(3)26-14-11-23(24)17(22)2/h5-11,14,21H,4,12-13,15-16H2,1-3H3. The zero-order chi connectivity index (χ0) is 20.4. The Kier molecular flexibility index (Phi) is 5.52. The molecule has 1 aliphatic heterocycles. The molecule has 0 saturated carbocycles. The number of rotatable bonds is 4. The zero-order valence-electron chi connectivity index (χ0n) is 17.4. The third-order valence-corrected chi connectivity index (χ3v) is 5.98. The predicted molar refractivity (Wildman–Crippen MR) is 117 cm³/mol. The number of hydrogen-bond donors (Lipinski definition) is 0. The molecule has 0 N–H and O–H groups in total. The van der Waals surface area contributed by atoms with Gasteiger partial charge in [0.15, 0.2) is 0 Å². The van der Waals surface area contributed by atoms with Gasteiger partial charge < -0.3 is 9.64 Å². The first-order valence-electron chi connectivity index (χ1n) is 10.5. The van der Waals surface area contributed by atoms with E-state index in [0.717, 1.165) is 37.4 Å². The first kappa shape index (κ1) is 19.4. The van der Waals surface area contributed by atoms with Crippen molar-refractivity contribution in [2.24, 2.45) is 0 Å². The average molecular weight is 389 g/mol. The van der Waals surface area contributed by atoms with Crippen LogP contribution in [0.25, 0.3) is 21.9 Å². The van der Waals surface area contributed by atoms with Gasteiger partial charge in [0.1, 0.15) is 11.9 Å². The first-order valence-corrected chi connectivity index (χ1v) is 10.5. The lowest BCUT2D eigenvalue weighted by atomic mass is 9.95. The minimum atomic E-state index is 0.180. The second-order valence-electron chi connectivity index (χ2n) is 7.81. The summed E-state index contributed by atoms with van der Waals surface area (Å²) in [6, 6.07) is 14.8. The van der Waals surface area contributed by atoms with Crippen molar-refractivity contribution in [2.45, 2.75) is 46.1 Å². The van der Waals surface area contributed by atoms with Crippen LogP contribution < -0.4 is 4.74 Å². The van der Waals surface area contributed by atoms with Gasteiger partial charge in [0.2, 0.25) is 5.91 Å². The maximum absolute atomic E-state index is 11.8. The molecule has 4 heteroatoms. The van der Waals surface area contributed by atoms with Gasteiger partial charge in [-0.1, -0.05) is 31.2 Å². The number of hydrogen-bond acceptors (Lipinski definition) is 3. The molecule has 4 nitrogen and oxygen atoms in total. The van der Waals surface area contributed by atoms with Crippen LogP contribution in [0.1, 0.15) is 37.4 Å². The lowest BCUT2D eigenvalue weighted by Crippen LogP contribution is -2.41. The fraction of sp³-hybridized carbons (Fsp3) is 0.360. The van der Waals surface area contributed by atoms with Gasteiger partial charge in [0, 0.05) is 49.6 Å². The van der Waals surface area contributed by atoms with Crippen molar-refractivity contribution in [3.63, 3.8) is 0 Å². The van der Waals surface area contributed by atoms with Crippen LogP contribution in [0.4, 0.5) is 0 Å². The number of carbonyl (C=O) groups is 1. The monoisotopic (exact) mass is 388 g/mol. The number of benzene rings is 2. The van der Waals surface area contributed by atoms with Crippen LogP contribution in [-0.4, -0.2) is 35.0 Å². The summed E-state index contributed by atoms with van der Waals surface area (Å²) in [5, 5.41) is 2.46. The molecule has 4 rings (SSSR count). The Morgan fingerprint density at radius 3 is 2.45 bits per heavy atom. The normalized spacial score (nSPS) is 14.9. The van der Waals surface area contributed by atoms with E-state index in [1.807, 2.05) is 18.0 Å². The van der Waals surface area contributed by atoms with Gasteiger partial charge >= 0.3 is 0 Å². The van der Waals surface area contributed by atoms with E-state index in [9.17, 15) is 4.79 Å². The zero-order valence-corrected chi connectivity index (χ0v) is 17.4. The summed E-state index contributed by atoms with van der Waals surface area (Å²) >= 11 is 0. The fourth-order valence-electron chi connectivity index (χ4n) is 4.22. The third kappa shape index (κ3) is 3.98. The molecular weight excluding hydrogens is 360 g/mol. The molecule has 0 radical (unpaired) electrons. The minimum absolute atomic E-state index is 0.180. The van der Waals surface area contributed by atoms with E-state index in [1.54, 1.807) is 0 Å². The number of piperidine rings is 1. The molecule has 29 heavy (non-hydrogen) atoms. The van der Waals surface area contributed by atoms with Gasteiger partial charge in [0.25, 0.3) is 0 Å². The second-order valence-corrected chi connectivity index (χ2v) is 7.81. The SMILES string of the molecule is CCC(=O)N1CCC(Oc2ccc(-c3ccc4c(C)nccc4c3C)cc2)CC1. The molecule has 0 atom stereocenters. The van der Waals surface area contributed by atoms with Crippen LogP contribution in [-0.2, 0) is 4.79 Å². The van der Waals surface area contributed by atoms with E-state index < -0.39 is 0 Å². The lowest BCUT2D eigenvalue weighted by Gasteiger charge is -2.32. The van der Waals surface area contributed by atoms with Crippen LogP contribution in [0, 0.1) is 13.8 Å². The Morgan fingerprint density at radius 1 is 1.03 bits per heavy atom. The van der Waals surface area contributed by atoms with Crippen molar-refractivity contribution in [3.05, 3.63) is 59.9 Å². The molecule has 3 aromatic rings. The summed E-state index contributed by atoms with van der Waals surface area (Å²) in [4.78, 5) is 18.2. The molecule has 2 heterocycles. The topological polar surface area (TPSA) is 42.4 Å². The molecule has 150 valence electrons. The van der Waals surface area contributed by atoms with Gasteiger partial charge in [-0.25, -0.2) is 0 Å². The van der Waals surface area contributed by atoms with Crippen molar-refractivity contribution in [1.82, 2.24) is 9.88 Å². The summed E-state index contributed by atoms with van der Waals surface area (Å²) in [7, 11) is 0. The molecule has 0 spiro atoms. The van der Waals surface area contributed by atoms with E-state index in [-0.39, 0.29) is 12.0 Å². The number of ether oxygens (including phenoxy) is 1. The van der Waals surface area contributed by atoms with Crippen LogP contribution in [0.2, 0.25) is 0 Å². The van der Waals surface area contributed by atoms with Crippen LogP contribution >= 0.6 is 0 Å². The molecule has 0 unspecified atom stereocenters. The maximum Gasteiger partial charge on any atom is 0.222 e. The van der Waals surface area contributed by atoms with Crippen LogP contribution in [0.3, 0.4) is 0 Å². The highest BCUT2D eigenvalue weighted by Gasteiger charge is 2.23. The molecule has 1 saturated heterocycles. The number of carbonyl (C=O) groups excluding carboxylic acids is 1. The summed E-state index contributed by atoms with van der Waals surface area (Å²) < 4.78 is 6.18. The van der Waals surface area contributed by atoms with Crippen LogP contribution in [0.15, 0.2) is 48.7 Å². The molecule has 1 fully saturated rings. The van der Waals surface area contributed by atoms with E-state index in [1.165, 1.54) is 27.5 Å². The molecule has 0 aliphatic carbocycles. The lowest BCUT2D eigenvalue weighted by molar-refractivity contribution is -0.132. The Balaban J connectivity index is 1.47. The fourth-order valence-corrected chi connectivity index (χ4v) is 4.22. The van der Waals surface area contributed by atoms with Gasteiger partial charge in [-0.3, -0.25) is 9.78 Å². The summed E-state index contributed by atoms with van der Waals surface area (Å²) in [6.07, 6.45) is 4.43. The number of nitrogens with zero attached hydrogens (tertiary/aromatic N) is 2. The van der Waals surface area contributed by atoms with Crippen molar-refractivity contribution < 1.29 is 9.53 Å². The average Bonchev–Trinajstić information content (AvgIpc) is 2.75. The van der Waals surface area contributed by atoms with Gasteiger partial charge in [0.05, 0.1) is 0 Å². The third-order valence-electron chi connectivity index (χ3n) is 5.98. The summed E-state index contributed by atoms with van der Waals surface area (Å²) in [6.45, 7) is 7.73. The molecule has 1 amide bonds. The van der Waals surface area contributed by atoms with E-state index in [2.05, 4.69) is 61.3 Å². The van der Waals surface area contributed by atoms with Gasteiger partial charge in [-0.05, 0) is 54.1 Å². The van der Waals surface area contributed by atoms with Crippen molar-refractivity contribution in [1.29, 1.82) is 0 Å². The number of fused-ring (bicyclic) bond motifs is 1. The number of aromatic nitrogens is 1. The molecule has 0 bridgehead atoms. The highest BCUT2D eigenvalue weighted by Crippen LogP contribution is 2.32. The number of amides is 1. The Bertz CT molecular complexity index is 1020. The van der Waals surface area contributed by atoms with Crippen molar-refractivity contribution in [2.75, 3.05) is 13.1 Å². The summed E-state index contributed by atoms with van der Waals surface area (Å²) in [5.74, 6) is 1.14. The largest absolute Gasteiger partial charge is 0.490 e. The van der Waals surface area contributed by atoms with E-state index in [4.69, 9.17) is 4.74 Å². The smallest absolute Gasteiger partial charge is 0.222 e. The van der Waals surface area contributed by atoms with Gasteiger partial charge in [-0.15, -0.1) is 0 Å². The number of aryl methyl sites for hydroxylation is 2.